The van der Waals surface area contributed by atoms with Crippen LogP contribution in [-0.4, -0.2) is 67.5 Å². The van der Waals surface area contributed by atoms with Gasteiger partial charge in [0.1, 0.15) is 0 Å². The maximum atomic E-state index is 6.75. The molecule has 0 atom stereocenters. The Labute approximate surface area is 185 Å². The van der Waals surface area contributed by atoms with Crippen LogP contribution in [0.1, 0.15) is 11.1 Å². The third-order valence-corrected chi connectivity index (χ3v) is 9.01. The van der Waals surface area contributed by atoms with Gasteiger partial charge in [-0.25, -0.2) is 0 Å². The Morgan fingerprint density at radius 1 is 0.870 bits per heavy atom. The quantitative estimate of drug-likeness (QED) is 0.546. The number of hydrogen-bond donors (Lipinski definition) is 1. The fourth-order valence-corrected chi connectivity index (χ4v) is 9.25. The van der Waals surface area contributed by atoms with E-state index in [9.17, 15) is 0 Å². The van der Waals surface area contributed by atoms with Crippen molar-refractivity contribution in [3.63, 3.8) is 0 Å². The zero-order chi connectivity index (χ0) is 16.3. The topological polar surface area (TPSA) is 26.0 Å². The van der Waals surface area contributed by atoms with Crippen LogP contribution in [0.15, 0.2) is 30.3 Å². The number of benzene rings is 2. The van der Waals surface area contributed by atoms with Crippen LogP contribution in [0.2, 0.25) is 39.3 Å². The van der Waals surface area contributed by atoms with Gasteiger partial charge in [-0.15, -0.1) is 0 Å². The van der Waals surface area contributed by atoms with Crippen molar-refractivity contribution in [1.82, 2.24) is 0 Å². The van der Waals surface area contributed by atoms with Gasteiger partial charge in [0.25, 0.3) is 0 Å². The van der Waals surface area contributed by atoms with E-state index < -0.39 is 16.1 Å². The molecule has 0 aromatic heterocycles. The molecule has 0 amide bonds. The Morgan fingerprint density at radius 2 is 1.48 bits per heavy atom. The first-order valence-electron chi connectivity index (χ1n) is 8.15. The average Bonchev–Trinajstić information content (AvgIpc) is 2.75. The van der Waals surface area contributed by atoms with Gasteiger partial charge in [-0.3, -0.25) is 0 Å². The molecule has 0 bridgehead atoms. The van der Waals surface area contributed by atoms with Gasteiger partial charge in [0, 0.05) is 63.5 Å². The van der Waals surface area contributed by atoms with Crippen LogP contribution >= 0.6 is 0 Å². The average molecular weight is 365 g/mol. The molecule has 0 unspecified atom stereocenters. The number of nitrogens with two attached hydrogens (primary N) is 1. The fourth-order valence-electron chi connectivity index (χ4n) is 3.70. The van der Waals surface area contributed by atoms with E-state index in [2.05, 4.69) is 69.6 Å². The molecule has 23 heavy (non-hydrogen) atoms. The van der Waals surface area contributed by atoms with Crippen LogP contribution < -0.4 is 16.1 Å². The Balaban J connectivity index is 0.00000192. The van der Waals surface area contributed by atoms with Crippen molar-refractivity contribution in [1.29, 1.82) is 0 Å². The SMILES string of the molecule is C[Si](C)(C)c1cc2c(c(N)c1[Si](C)(C)C)Cc1ccccc1-2.[K]. The summed E-state index contributed by atoms with van der Waals surface area (Å²) in [6.45, 7) is 14.6. The van der Waals surface area contributed by atoms with Gasteiger partial charge >= 0.3 is 0 Å². The first-order valence-corrected chi connectivity index (χ1v) is 15.2. The van der Waals surface area contributed by atoms with E-state index >= 15 is 0 Å². The zero-order valence-electron chi connectivity index (χ0n) is 15.7. The van der Waals surface area contributed by atoms with Gasteiger partial charge in [-0.05, 0) is 27.4 Å². The minimum absolute atomic E-state index is 0. The van der Waals surface area contributed by atoms with Crippen molar-refractivity contribution in [3.8, 4) is 11.1 Å². The van der Waals surface area contributed by atoms with Crippen molar-refractivity contribution in [3.05, 3.63) is 41.5 Å². The van der Waals surface area contributed by atoms with Crippen LogP contribution in [0.3, 0.4) is 0 Å². The summed E-state index contributed by atoms with van der Waals surface area (Å²) in [4.78, 5) is 0. The molecule has 0 fully saturated rings. The van der Waals surface area contributed by atoms with Crippen LogP contribution in [0, 0.1) is 0 Å². The van der Waals surface area contributed by atoms with Crippen molar-refractivity contribution >= 4 is 83.6 Å². The molecular formula is C19H27KNSi2. The van der Waals surface area contributed by atoms with Crippen molar-refractivity contribution in [2.75, 3.05) is 5.73 Å². The third kappa shape index (κ3) is 3.50. The number of rotatable bonds is 2. The summed E-state index contributed by atoms with van der Waals surface area (Å²) in [6, 6.07) is 11.3. The summed E-state index contributed by atoms with van der Waals surface area (Å²) in [5, 5.41) is 3.11. The van der Waals surface area contributed by atoms with E-state index in [-0.39, 0.29) is 51.4 Å². The van der Waals surface area contributed by atoms with E-state index in [1.165, 1.54) is 27.4 Å². The van der Waals surface area contributed by atoms with Crippen molar-refractivity contribution in [2.24, 2.45) is 0 Å². The monoisotopic (exact) mass is 364 g/mol. The molecule has 0 saturated heterocycles. The third-order valence-electron chi connectivity index (χ3n) is 4.71. The molecule has 0 aliphatic heterocycles. The van der Waals surface area contributed by atoms with Gasteiger partial charge in [0.05, 0.1) is 16.1 Å². The Bertz CT molecular complexity index is 755. The Kier molecular flexibility index (Phi) is 5.60. The van der Waals surface area contributed by atoms with E-state index in [0.29, 0.717) is 0 Å². The summed E-state index contributed by atoms with van der Waals surface area (Å²) in [6.07, 6.45) is 1.00. The van der Waals surface area contributed by atoms with Crippen molar-refractivity contribution in [2.45, 2.75) is 45.7 Å². The first-order chi connectivity index (χ1) is 10.1. The standard InChI is InChI=1S/C19H27NSi2.K/c1-21(2,3)17-12-15-14-10-8-7-9-13(14)11-16(15)18(20)19(17)22(4,5)6;/h7-10,12H,11,20H2,1-6H3;. The summed E-state index contributed by atoms with van der Waals surface area (Å²) in [7, 11) is -2.90. The van der Waals surface area contributed by atoms with E-state index in [4.69, 9.17) is 5.73 Å². The number of nitrogen functional groups attached to an aromatic ring is 1. The van der Waals surface area contributed by atoms with Crippen LogP contribution in [0.25, 0.3) is 11.1 Å². The number of fused-ring (bicyclic) bond motifs is 3. The second kappa shape index (κ2) is 6.56. The molecule has 0 saturated carbocycles. The predicted octanol–water partition coefficient (Wildman–Crippen LogP) is 3.55. The Morgan fingerprint density at radius 3 is 2.04 bits per heavy atom. The van der Waals surface area contributed by atoms with Crippen LogP contribution in [-0.2, 0) is 6.42 Å². The molecule has 1 nitrogen and oxygen atoms in total. The largest absolute Gasteiger partial charge is 0.399 e. The van der Waals surface area contributed by atoms with E-state index in [0.717, 1.165) is 12.1 Å². The minimum atomic E-state index is -1.47. The smallest absolute Gasteiger partial charge is 0.0801 e. The van der Waals surface area contributed by atoms with Crippen LogP contribution in [0.5, 0.6) is 0 Å². The summed E-state index contributed by atoms with van der Waals surface area (Å²) in [5.74, 6) is 0. The summed E-state index contributed by atoms with van der Waals surface area (Å²) < 4.78 is 0. The molecule has 3 rings (SSSR count). The first kappa shape index (κ1) is 19.6. The molecular weight excluding hydrogens is 337 g/mol. The molecule has 2 aromatic carbocycles. The Hall–Kier alpha value is 0.310. The van der Waals surface area contributed by atoms with Crippen molar-refractivity contribution < 1.29 is 0 Å². The maximum absolute atomic E-state index is 6.75. The van der Waals surface area contributed by atoms with Gasteiger partial charge in [0.15, 0.2) is 0 Å². The maximum Gasteiger partial charge on any atom is 0.0801 e. The molecule has 1 radical (unpaired) electrons. The van der Waals surface area contributed by atoms with Gasteiger partial charge in [-0.2, -0.15) is 0 Å². The summed E-state index contributed by atoms with van der Waals surface area (Å²) in [5.41, 5.74) is 13.5. The molecule has 1 aliphatic rings. The molecule has 0 spiro atoms. The zero-order valence-corrected chi connectivity index (χ0v) is 20.8. The van der Waals surface area contributed by atoms with Gasteiger partial charge in [-0.1, -0.05) is 74.8 Å². The molecule has 1 aliphatic carbocycles. The normalized spacial score (nSPS) is 13.3. The van der Waals surface area contributed by atoms with Gasteiger partial charge in [0.2, 0.25) is 0 Å². The number of anilines is 1. The molecule has 0 heterocycles. The second-order valence-electron chi connectivity index (χ2n) is 8.57. The molecule has 117 valence electrons. The number of hydrogen-bond acceptors (Lipinski definition) is 1. The second-order valence-corrected chi connectivity index (χ2v) is 18.6. The molecule has 2 aromatic rings. The fraction of sp³-hybridized carbons (Fsp3) is 0.368. The molecule has 4 heteroatoms. The van der Waals surface area contributed by atoms with Gasteiger partial charge < -0.3 is 5.73 Å². The minimum Gasteiger partial charge on any atom is -0.399 e. The van der Waals surface area contributed by atoms with E-state index in [1.807, 2.05) is 0 Å². The van der Waals surface area contributed by atoms with Crippen LogP contribution in [0.4, 0.5) is 5.69 Å². The predicted molar refractivity (Wildman–Crippen MR) is 111 cm³/mol. The molecule has 2 N–H and O–H groups in total. The van der Waals surface area contributed by atoms with E-state index in [1.54, 1.807) is 5.19 Å². The summed E-state index contributed by atoms with van der Waals surface area (Å²) >= 11 is 0.